The van der Waals surface area contributed by atoms with Gasteiger partial charge in [0.1, 0.15) is 18.5 Å². The zero-order valence-corrected chi connectivity index (χ0v) is 11.8. The fourth-order valence-corrected chi connectivity index (χ4v) is 3.09. The number of hydrogen-bond acceptors (Lipinski definition) is 4. The maximum Gasteiger partial charge on any atom is 0.240 e. The standard InChI is InChI=1S/C12H15FN4O2S/c1-10-7-11(13)3-4-12(10)20(18,19)16-5-2-6-17-9-14-8-15-17/h3-4,7-9,16H,2,5-6H2,1H3. The Morgan fingerprint density at radius 1 is 1.40 bits per heavy atom. The second kappa shape index (κ2) is 6.10. The largest absolute Gasteiger partial charge is 0.253 e. The summed E-state index contributed by atoms with van der Waals surface area (Å²) in [6.45, 7) is 2.41. The summed E-state index contributed by atoms with van der Waals surface area (Å²) in [6, 6.07) is 3.60. The van der Waals surface area contributed by atoms with Crippen molar-refractivity contribution in [2.45, 2.75) is 24.8 Å². The lowest BCUT2D eigenvalue weighted by Crippen LogP contribution is -2.26. The minimum Gasteiger partial charge on any atom is -0.253 e. The van der Waals surface area contributed by atoms with E-state index in [9.17, 15) is 12.8 Å². The van der Waals surface area contributed by atoms with E-state index < -0.39 is 15.8 Å². The first kappa shape index (κ1) is 14.6. The molecule has 0 atom stereocenters. The van der Waals surface area contributed by atoms with Gasteiger partial charge in [0.05, 0.1) is 4.90 Å². The third-order valence-electron chi connectivity index (χ3n) is 2.75. The predicted molar refractivity (Wildman–Crippen MR) is 71.0 cm³/mol. The van der Waals surface area contributed by atoms with Gasteiger partial charge in [-0.25, -0.2) is 22.5 Å². The van der Waals surface area contributed by atoms with Gasteiger partial charge in [0.25, 0.3) is 0 Å². The third kappa shape index (κ3) is 3.61. The van der Waals surface area contributed by atoms with E-state index in [1.54, 1.807) is 17.9 Å². The SMILES string of the molecule is Cc1cc(F)ccc1S(=O)(=O)NCCCn1cncn1. The number of benzene rings is 1. The van der Waals surface area contributed by atoms with Gasteiger partial charge >= 0.3 is 0 Å². The zero-order valence-electron chi connectivity index (χ0n) is 11.0. The van der Waals surface area contributed by atoms with Crippen LogP contribution in [0.1, 0.15) is 12.0 Å². The van der Waals surface area contributed by atoms with Crippen molar-refractivity contribution >= 4 is 10.0 Å². The molecule has 1 heterocycles. The van der Waals surface area contributed by atoms with E-state index in [0.717, 1.165) is 6.07 Å². The van der Waals surface area contributed by atoms with Crippen molar-refractivity contribution in [3.8, 4) is 0 Å². The van der Waals surface area contributed by atoms with Crippen LogP contribution in [-0.4, -0.2) is 29.7 Å². The molecular weight excluding hydrogens is 283 g/mol. The Hall–Kier alpha value is -1.80. The van der Waals surface area contributed by atoms with Gasteiger partial charge in [-0.3, -0.25) is 4.68 Å². The minimum absolute atomic E-state index is 0.0969. The highest BCUT2D eigenvalue weighted by Crippen LogP contribution is 2.15. The number of halogens is 1. The summed E-state index contributed by atoms with van der Waals surface area (Å²) in [4.78, 5) is 3.89. The molecule has 108 valence electrons. The summed E-state index contributed by atoms with van der Waals surface area (Å²) in [6.07, 6.45) is 3.58. The van der Waals surface area contributed by atoms with E-state index in [4.69, 9.17) is 0 Å². The van der Waals surface area contributed by atoms with Gasteiger partial charge in [0.2, 0.25) is 10.0 Å². The smallest absolute Gasteiger partial charge is 0.240 e. The lowest BCUT2D eigenvalue weighted by Gasteiger charge is -2.09. The lowest BCUT2D eigenvalue weighted by molar-refractivity contribution is 0.551. The molecule has 20 heavy (non-hydrogen) atoms. The molecule has 0 saturated carbocycles. The van der Waals surface area contributed by atoms with Crippen LogP contribution in [0.3, 0.4) is 0 Å². The molecule has 1 N–H and O–H groups in total. The monoisotopic (exact) mass is 298 g/mol. The molecule has 6 nitrogen and oxygen atoms in total. The number of sulfonamides is 1. The first-order valence-electron chi connectivity index (χ1n) is 6.07. The van der Waals surface area contributed by atoms with Gasteiger partial charge in [-0.15, -0.1) is 0 Å². The predicted octanol–water partition coefficient (Wildman–Crippen LogP) is 1.09. The van der Waals surface area contributed by atoms with Crippen LogP contribution < -0.4 is 4.72 Å². The molecule has 0 amide bonds. The van der Waals surface area contributed by atoms with Gasteiger partial charge in [0.15, 0.2) is 0 Å². The summed E-state index contributed by atoms with van der Waals surface area (Å²) in [5.41, 5.74) is 0.383. The number of aryl methyl sites for hydroxylation is 2. The molecule has 0 spiro atoms. The van der Waals surface area contributed by atoms with E-state index in [1.165, 1.54) is 18.5 Å². The second-order valence-corrected chi connectivity index (χ2v) is 6.06. The highest BCUT2D eigenvalue weighted by Gasteiger charge is 2.16. The number of nitrogens with zero attached hydrogens (tertiary/aromatic N) is 3. The van der Waals surface area contributed by atoms with Crippen LogP contribution in [0.4, 0.5) is 4.39 Å². The summed E-state index contributed by atoms with van der Waals surface area (Å²) in [5, 5.41) is 3.92. The normalized spacial score (nSPS) is 11.7. The van der Waals surface area contributed by atoms with Crippen LogP contribution >= 0.6 is 0 Å². The Balaban J connectivity index is 1.93. The van der Waals surface area contributed by atoms with Gasteiger partial charge in [0, 0.05) is 13.1 Å². The summed E-state index contributed by atoms with van der Waals surface area (Å²) >= 11 is 0. The van der Waals surface area contributed by atoms with Crippen LogP contribution in [0, 0.1) is 12.7 Å². The van der Waals surface area contributed by atoms with Crippen molar-refractivity contribution in [2.24, 2.45) is 0 Å². The fourth-order valence-electron chi connectivity index (χ4n) is 1.79. The number of hydrogen-bond donors (Lipinski definition) is 1. The van der Waals surface area contributed by atoms with E-state index in [-0.39, 0.29) is 11.4 Å². The highest BCUT2D eigenvalue weighted by molar-refractivity contribution is 7.89. The molecule has 0 aliphatic carbocycles. The number of nitrogens with one attached hydrogen (secondary N) is 1. The topological polar surface area (TPSA) is 76.9 Å². The van der Waals surface area contributed by atoms with Crippen molar-refractivity contribution in [3.05, 3.63) is 42.2 Å². The zero-order chi connectivity index (χ0) is 14.6. The van der Waals surface area contributed by atoms with E-state index in [1.807, 2.05) is 0 Å². The molecule has 0 saturated heterocycles. The van der Waals surface area contributed by atoms with Crippen LogP contribution in [0.5, 0.6) is 0 Å². The van der Waals surface area contributed by atoms with E-state index in [0.29, 0.717) is 18.5 Å². The van der Waals surface area contributed by atoms with Crippen molar-refractivity contribution in [2.75, 3.05) is 6.54 Å². The Bertz CT molecular complexity index is 671. The first-order valence-corrected chi connectivity index (χ1v) is 7.55. The Labute approximate surface area is 116 Å². The average Bonchev–Trinajstić information content (AvgIpc) is 2.87. The lowest BCUT2D eigenvalue weighted by atomic mass is 10.2. The highest BCUT2D eigenvalue weighted by atomic mass is 32.2. The Kier molecular flexibility index (Phi) is 4.46. The van der Waals surface area contributed by atoms with Gasteiger partial charge in [-0.05, 0) is 37.1 Å². The summed E-state index contributed by atoms with van der Waals surface area (Å²) in [7, 11) is -3.61. The van der Waals surface area contributed by atoms with E-state index in [2.05, 4.69) is 14.8 Å². The van der Waals surface area contributed by atoms with Crippen molar-refractivity contribution in [3.63, 3.8) is 0 Å². The average molecular weight is 298 g/mol. The summed E-state index contributed by atoms with van der Waals surface area (Å²) in [5.74, 6) is -0.451. The molecule has 2 aromatic rings. The minimum atomic E-state index is -3.61. The van der Waals surface area contributed by atoms with Gasteiger partial charge in [-0.2, -0.15) is 5.10 Å². The molecule has 0 radical (unpaired) electrons. The Morgan fingerprint density at radius 3 is 2.85 bits per heavy atom. The maximum atomic E-state index is 13.0. The van der Waals surface area contributed by atoms with Crippen LogP contribution in [-0.2, 0) is 16.6 Å². The summed E-state index contributed by atoms with van der Waals surface area (Å²) < 4.78 is 41.2. The number of aromatic nitrogens is 3. The molecule has 1 aromatic heterocycles. The molecule has 2 rings (SSSR count). The molecule has 0 aliphatic heterocycles. The molecule has 1 aromatic carbocycles. The molecule has 0 unspecified atom stereocenters. The molecule has 8 heteroatoms. The fraction of sp³-hybridized carbons (Fsp3) is 0.333. The second-order valence-electron chi connectivity index (χ2n) is 4.32. The molecule has 0 aliphatic rings. The first-order chi connectivity index (χ1) is 9.49. The van der Waals surface area contributed by atoms with Crippen molar-refractivity contribution in [1.82, 2.24) is 19.5 Å². The van der Waals surface area contributed by atoms with Crippen molar-refractivity contribution in [1.29, 1.82) is 0 Å². The molecule has 0 fully saturated rings. The van der Waals surface area contributed by atoms with Crippen LogP contribution in [0.25, 0.3) is 0 Å². The molecule has 0 bridgehead atoms. The third-order valence-corrected chi connectivity index (χ3v) is 4.37. The van der Waals surface area contributed by atoms with E-state index >= 15 is 0 Å². The van der Waals surface area contributed by atoms with Crippen LogP contribution in [0.2, 0.25) is 0 Å². The van der Waals surface area contributed by atoms with Crippen molar-refractivity contribution < 1.29 is 12.8 Å². The maximum absolute atomic E-state index is 13.0. The quantitative estimate of drug-likeness (QED) is 0.810. The van der Waals surface area contributed by atoms with Gasteiger partial charge in [-0.1, -0.05) is 0 Å². The van der Waals surface area contributed by atoms with Crippen LogP contribution in [0.15, 0.2) is 35.7 Å². The Morgan fingerprint density at radius 2 is 2.20 bits per heavy atom. The number of rotatable bonds is 6. The van der Waals surface area contributed by atoms with Gasteiger partial charge < -0.3 is 0 Å². The molecular formula is C12H15FN4O2S.